The number of benzene rings is 2. The molecule has 41 heavy (non-hydrogen) atoms. The standard InChI is InChI=1S/C32H36FN5O3/c1-22-19-38(21-35-22)28-12-10-27(11-13-28)36-31(40)30-17-26(33)18-34-32(30)41-29-5-3-4-25(16-29)24-8-6-23(7-9-24)20-37(2)14-15-39/h3-9,16-19,21,27-28,39H,10-15,20H2,1-2H3,(H,36,40)/t27-,28-. The maximum absolute atomic E-state index is 14.2. The Morgan fingerprint density at radius 1 is 1.10 bits per heavy atom. The minimum atomic E-state index is -0.597. The van der Waals surface area contributed by atoms with Crippen LogP contribution in [0.25, 0.3) is 11.1 Å². The van der Waals surface area contributed by atoms with E-state index in [-0.39, 0.29) is 24.1 Å². The summed E-state index contributed by atoms with van der Waals surface area (Å²) in [5.74, 6) is -0.434. The molecule has 0 aliphatic heterocycles. The summed E-state index contributed by atoms with van der Waals surface area (Å²) in [5.41, 5.74) is 4.16. The number of imidazole rings is 1. The molecule has 4 aromatic rings. The average Bonchev–Trinajstić information content (AvgIpc) is 3.41. The Morgan fingerprint density at radius 3 is 2.59 bits per heavy atom. The molecule has 8 nitrogen and oxygen atoms in total. The first-order valence-corrected chi connectivity index (χ1v) is 14.0. The highest BCUT2D eigenvalue weighted by Crippen LogP contribution is 2.31. The zero-order valence-electron chi connectivity index (χ0n) is 23.5. The number of nitrogens with one attached hydrogen (secondary N) is 1. The average molecular weight is 558 g/mol. The zero-order chi connectivity index (χ0) is 28.8. The lowest BCUT2D eigenvalue weighted by atomic mass is 9.91. The van der Waals surface area contributed by atoms with Gasteiger partial charge in [-0.1, -0.05) is 36.4 Å². The molecular weight excluding hydrogens is 521 g/mol. The largest absolute Gasteiger partial charge is 0.438 e. The van der Waals surface area contributed by atoms with E-state index >= 15 is 0 Å². The molecule has 214 valence electrons. The highest BCUT2D eigenvalue weighted by atomic mass is 19.1. The van der Waals surface area contributed by atoms with Crippen LogP contribution in [0.1, 0.15) is 53.3 Å². The second-order valence-corrected chi connectivity index (χ2v) is 10.7. The quantitative estimate of drug-likeness (QED) is 0.267. The molecule has 2 aromatic heterocycles. The predicted octanol–water partition coefficient (Wildman–Crippen LogP) is 5.52. The SMILES string of the molecule is Cc1cn([C@H]2CC[C@H](NC(=O)c3cc(F)cnc3Oc3cccc(-c4ccc(CN(C)CCO)cc4)c3)CC2)cn1. The van der Waals surface area contributed by atoms with Crippen LogP contribution in [0.15, 0.2) is 73.3 Å². The molecule has 9 heteroatoms. The van der Waals surface area contributed by atoms with Gasteiger partial charge >= 0.3 is 0 Å². The van der Waals surface area contributed by atoms with Crippen molar-refractivity contribution in [2.24, 2.45) is 0 Å². The Labute approximate surface area is 239 Å². The monoisotopic (exact) mass is 557 g/mol. The number of hydrogen-bond donors (Lipinski definition) is 2. The molecule has 0 saturated heterocycles. The van der Waals surface area contributed by atoms with E-state index < -0.39 is 11.7 Å². The Kier molecular flexibility index (Phi) is 9.06. The van der Waals surface area contributed by atoms with E-state index in [0.29, 0.717) is 18.3 Å². The molecule has 0 bridgehead atoms. The summed E-state index contributed by atoms with van der Waals surface area (Å²) in [6.45, 7) is 3.47. The third-order valence-corrected chi connectivity index (χ3v) is 7.52. The smallest absolute Gasteiger partial charge is 0.257 e. The van der Waals surface area contributed by atoms with Crippen molar-refractivity contribution in [1.29, 1.82) is 0 Å². The summed E-state index contributed by atoms with van der Waals surface area (Å²) in [7, 11) is 1.97. The van der Waals surface area contributed by atoms with Crippen molar-refractivity contribution in [3.63, 3.8) is 0 Å². The van der Waals surface area contributed by atoms with Crippen LogP contribution in [0.2, 0.25) is 0 Å². The van der Waals surface area contributed by atoms with Gasteiger partial charge in [0.1, 0.15) is 17.1 Å². The fourth-order valence-corrected chi connectivity index (χ4v) is 5.31. The van der Waals surface area contributed by atoms with Gasteiger partial charge in [0.05, 0.1) is 24.8 Å². The van der Waals surface area contributed by atoms with Crippen molar-refractivity contribution in [2.45, 2.75) is 51.2 Å². The number of nitrogens with zero attached hydrogens (tertiary/aromatic N) is 4. The van der Waals surface area contributed by atoms with Gasteiger partial charge in [0.2, 0.25) is 5.88 Å². The van der Waals surface area contributed by atoms with Crippen LogP contribution in [-0.2, 0) is 6.54 Å². The number of ether oxygens (including phenoxy) is 1. The Bertz CT molecular complexity index is 1460. The second kappa shape index (κ2) is 13.1. The third kappa shape index (κ3) is 7.36. The molecule has 5 rings (SSSR count). The number of pyridine rings is 1. The highest BCUT2D eigenvalue weighted by Gasteiger charge is 2.25. The van der Waals surface area contributed by atoms with E-state index in [1.807, 2.05) is 50.6 Å². The molecule has 0 spiro atoms. The van der Waals surface area contributed by atoms with Crippen molar-refractivity contribution >= 4 is 5.91 Å². The van der Waals surface area contributed by atoms with E-state index in [1.165, 1.54) is 6.07 Å². The van der Waals surface area contributed by atoms with E-state index in [1.54, 1.807) is 6.07 Å². The molecule has 2 N–H and O–H groups in total. The second-order valence-electron chi connectivity index (χ2n) is 10.7. The van der Waals surface area contributed by atoms with Gasteiger partial charge in [-0.2, -0.15) is 0 Å². The number of carbonyl (C=O) groups is 1. The van der Waals surface area contributed by atoms with E-state index in [0.717, 1.165) is 60.8 Å². The van der Waals surface area contributed by atoms with Crippen molar-refractivity contribution in [3.8, 4) is 22.8 Å². The molecule has 1 aliphatic carbocycles. The Hall–Kier alpha value is -4.08. The van der Waals surface area contributed by atoms with Crippen LogP contribution < -0.4 is 10.1 Å². The number of aliphatic hydroxyl groups excluding tert-OH is 1. The van der Waals surface area contributed by atoms with E-state index in [2.05, 4.69) is 43.1 Å². The molecular formula is C32H36FN5O3. The normalized spacial score (nSPS) is 17.0. The number of aryl methyl sites for hydroxylation is 1. The number of carbonyl (C=O) groups excluding carboxylic acids is 1. The van der Waals surface area contributed by atoms with Gasteiger partial charge < -0.3 is 19.7 Å². The predicted molar refractivity (Wildman–Crippen MR) is 155 cm³/mol. The van der Waals surface area contributed by atoms with Crippen molar-refractivity contribution in [2.75, 3.05) is 20.2 Å². The number of amides is 1. The summed E-state index contributed by atoms with van der Waals surface area (Å²) in [6, 6.07) is 17.3. The maximum Gasteiger partial charge on any atom is 0.257 e. The Morgan fingerprint density at radius 2 is 1.88 bits per heavy atom. The summed E-state index contributed by atoms with van der Waals surface area (Å²) in [5, 5.41) is 12.2. The number of rotatable bonds is 10. The summed E-state index contributed by atoms with van der Waals surface area (Å²) < 4.78 is 22.4. The third-order valence-electron chi connectivity index (χ3n) is 7.52. The summed E-state index contributed by atoms with van der Waals surface area (Å²) in [6.07, 6.45) is 8.48. The minimum Gasteiger partial charge on any atom is -0.438 e. The van der Waals surface area contributed by atoms with Gasteiger partial charge in [0, 0.05) is 31.4 Å². The molecule has 0 atom stereocenters. The van der Waals surface area contributed by atoms with Crippen molar-refractivity contribution in [3.05, 3.63) is 96.0 Å². The zero-order valence-corrected chi connectivity index (χ0v) is 23.5. The number of likely N-dealkylation sites (N-methyl/N-ethyl adjacent to an activating group) is 1. The van der Waals surface area contributed by atoms with Gasteiger partial charge in [-0.3, -0.25) is 9.69 Å². The van der Waals surface area contributed by atoms with Crippen LogP contribution in [-0.4, -0.2) is 56.7 Å². The lowest BCUT2D eigenvalue weighted by molar-refractivity contribution is 0.0919. The number of aromatic nitrogens is 3. The van der Waals surface area contributed by atoms with Gasteiger partial charge in [-0.15, -0.1) is 0 Å². The number of halogens is 1. The fourth-order valence-electron chi connectivity index (χ4n) is 5.31. The minimum absolute atomic E-state index is 0.00536. The van der Waals surface area contributed by atoms with Gasteiger partial charge in [-0.05, 0) is 74.5 Å². The van der Waals surface area contributed by atoms with Gasteiger partial charge in [0.15, 0.2) is 0 Å². The molecule has 1 fully saturated rings. The first-order chi connectivity index (χ1) is 19.9. The van der Waals surface area contributed by atoms with Crippen LogP contribution in [0.4, 0.5) is 4.39 Å². The summed E-state index contributed by atoms with van der Waals surface area (Å²) >= 11 is 0. The van der Waals surface area contributed by atoms with Crippen LogP contribution in [0.5, 0.6) is 11.6 Å². The molecule has 2 heterocycles. The van der Waals surface area contributed by atoms with Crippen LogP contribution in [0, 0.1) is 12.7 Å². The van der Waals surface area contributed by atoms with Gasteiger partial charge in [-0.25, -0.2) is 14.4 Å². The highest BCUT2D eigenvalue weighted by molar-refractivity contribution is 5.96. The topological polar surface area (TPSA) is 92.5 Å². The van der Waals surface area contributed by atoms with Crippen LogP contribution in [0.3, 0.4) is 0 Å². The van der Waals surface area contributed by atoms with Gasteiger partial charge in [0.25, 0.3) is 5.91 Å². The van der Waals surface area contributed by atoms with Crippen molar-refractivity contribution in [1.82, 2.24) is 24.8 Å². The first-order valence-electron chi connectivity index (χ1n) is 14.0. The molecule has 0 radical (unpaired) electrons. The lowest BCUT2D eigenvalue weighted by Gasteiger charge is -2.30. The number of hydrogen-bond acceptors (Lipinski definition) is 6. The lowest BCUT2D eigenvalue weighted by Crippen LogP contribution is -2.38. The molecule has 1 saturated carbocycles. The molecule has 1 aliphatic rings. The van der Waals surface area contributed by atoms with Crippen molar-refractivity contribution < 1.29 is 19.0 Å². The molecule has 1 amide bonds. The first kappa shape index (κ1) is 28.4. The molecule has 2 aromatic carbocycles. The van der Waals surface area contributed by atoms with E-state index in [9.17, 15) is 9.18 Å². The number of aliphatic hydroxyl groups is 1. The van der Waals surface area contributed by atoms with E-state index in [4.69, 9.17) is 9.84 Å². The summed E-state index contributed by atoms with van der Waals surface area (Å²) in [4.78, 5) is 23.7. The molecule has 0 unspecified atom stereocenters. The maximum atomic E-state index is 14.2. The Balaban J connectivity index is 1.24. The van der Waals surface area contributed by atoms with Crippen LogP contribution >= 0.6 is 0 Å². The fraction of sp³-hybridized carbons (Fsp3) is 0.344.